The number of aryl methyl sites for hydroxylation is 1. The number of hydrogen-bond donors (Lipinski definition) is 1. The van der Waals surface area contributed by atoms with E-state index in [2.05, 4.69) is 88.0 Å². The monoisotopic (exact) mass is 544 g/mol. The van der Waals surface area contributed by atoms with Crippen molar-refractivity contribution < 1.29 is 9.36 Å². The van der Waals surface area contributed by atoms with Crippen LogP contribution in [0.3, 0.4) is 0 Å². The third-order valence-corrected chi connectivity index (χ3v) is 7.22. The van der Waals surface area contributed by atoms with Gasteiger partial charge in [-0.05, 0) is 36.7 Å². The Hall–Kier alpha value is -2.98. The van der Waals surface area contributed by atoms with E-state index in [4.69, 9.17) is 0 Å². The molecule has 2 rings (SSSR count). The van der Waals surface area contributed by atoms with Gasteiger partial charge in [-0.2, -0.15) is 0 Å². The number of amides is 1. The quantitative estimate of drug-likeness (QED) is 0.0910. The molecule has 0 aliphatic rings. The van der Waals surface area contributed by atoms with Gasteiger partial charge in [0.1, 0.15) is 18.9 Å². The molecule has 0 fully saturated rings. The largest absolute Gasteiger partial charge is 0.356 e. The van der Waals surface area contributed by atoms with E-state index in [0.29, 0.717) is 6.42 Å². The molecule has 2 aromatic rings. The topological polar surface area (TPSA) is 37.9 Å². The molecule has 1 N–H and O–H groups in total. The summed E-state index contributed by atoms with van der Waals surface area (Å²) in [6, 6.07) is 10.5. The molecule has 0 unspecified atom stereocenters. The average molecular weight is 545 g/mol. The van der Waals surface area contributed by atoms with Crippen LogP contribution in [0.1, 0.15) is 128 Å². The Balaban J connectivity index is 1.34. The number of unbranched alkanes of at least 4 members (excludes halogenated alkanes) is 14. The minimum Gasteiger partial charge on any atom is -0.356 e. The molecule has 0 aliphatic heterocycles. The van der Waals surface area contributed by atoms with Crippen molar-refractivity contribution in [1.29, 1.82) is 0 Å². The molecular weight excluding hydrogens is 490 g/mol. The molecule has 0 atom stereocenters. The van der Waals surface area contributed by atoms with Gasteiger partial charge in [-0.25, -0.2) is 9.13 Å². The first kappa shape index (κ1) is 33.2. The highest BCUT2D eigenvalue weighted by molar-refractivity contribution is 5.75. The zero-order valence-electron chi connectivity index (χ0n) is 25.3. The van der Waals surface area contributed by atoms with Crippen LogP contribution in [0.5, 0.6) is 0 Å². The summed E-state index contributed by atoms with van der Waals surface area (Å²) >= 11 is 0. The normalized spacial score (nSPS) is 10.4. The van der Waals surface area contributed by atoms with Gasteiger partial charge in [0.05, 0.1) is 6.54 Å². The highest BCUT2D eigenvalue weighted by Crippen LogP contribution is 2.10. The number of rotatable bonds is 22. The Kier molecular flexibility index (Phi) is 19.8. The van der Waals surface area contributed by atoms with Crippen LogP contribution in [0.4, 0.5) is 0 Å². The van der Waals surface area contributed by atoms with Crippen LogP contribution in [-0.4, -0.2) is 17.0 Å². The minimum atomic E-state index is 0.186. The fraction of sp³-hybridized carbons (Fsp3) is 0.611. The van der Waals surface area contributed by atoms with Gasteiger partial charge in [-0.15, -0.1) is 0 Å². The van der Waals surface area contributed by atoms with Crippen molar-refractivity contribution in [2.45, 2.75) is 136 Å². The SMILES string of the molecule is CCCCCCCCCCC#CC#CCCCCCCCCC(=O)NCCCn1cc[n+](Cc2ccccc2)c1. The molecule has 4 nitrogen and oxygen atoms in total. The van der Waals surface area contributed by atoms with E-state index in [-0.39, 0.29) is 5.91 Å². The molecular formula is C36H54N3O+. The Labute approximate surface area is 245 Å². The van der Waals surface area contributed by atoms with Gasteiger partial charge in [0, 0.05) is 32.2 Å². The van der Waals surface area contributed by atoms with Crippen LogP contribution in [-0.2, 0) is 17.9 Å². The number of imidazole rings is 1. The summed E-state index contributed by atoms with van der Waals surface area (Å²) in [4.78, 5) is 12.1. The van der Waals surface area contributed by atoms with Crippen molar-refractivity contribution in [1.82, 2.24) is 9.88 Å². The lowest BCUT2D eigenvalue weighted by Gasteiger charge is -2.04. The van der Waals surface area contributed by atoms with E-state index in [0.717, 1.165) is 58.2 Å². The molecule has 40 heavy (non-hydrogen) atoms. The van der Waals surface area contributed by atoms with Crippen LogP contribution >= 0.6 is 0 Å². The predicted octanol–water partition coefficient (Wildman–Crippen LogP) is 7.99. The summed E-state index contributed by atoms with van der Waals surface area (Å²) in [6.07, 6.45) is 27.6. The molecule has 0 saturated heterocycles. The lowest BCUT2D eigenvalue weighted by atomic mass is 10.1. The van der Waals surface area contributed by atoms with Crippen molar-refractivity contribution in [2.24, 2.45) is 0 Å². The number of aromatic nitrogens is 2. The van der Waals surface area contributed by atoms with Gasteiger partial charge in [0.25, 0.3) is 0 Å². The summed E-state index contributed by atoms with van der Waals surface area (Å²) in [5.41, 5.74) is 1.30. The number of carbonyl (C=O) groups excluding carboxylic acids is 1. The molecule has 0 bridgehead atoms. The summed E-state index contributed by atoms with van der Waals surface area (Å²) < 4.78 is 4.38. The van der Waals surface area contributed by atoms with Gasteiger partial charge in [0.2, 0.25) is 12.2 Å². The lowest BCUT2D eigenvalue weighted by molar-refractivity contribution is -0.687. The van der Waals surface area contributed by atoms with Crippen LogP contribution in [0.2, 0.25) is 0 Å². The summed E-state index contributed by atoms with van der Waals surface area (Å²) in [7, 11) is 0. The highest BCUT2D eigenvalue weighted by Gasteiger charge is 2.05. The van der Waals surface area contributed by atoms with Gasteiger partial charge < -0.3 is 5.32 Å². The Morgan fingerprint density at radius 2 is 1.38 bits per heavy atom. The molecule has 0 radical (unpaired) electrons. The summed E-state index contributed by atoms with van der Waals surface area (Å²) in [6.45, 7) is 4.80. The van der Waals surface area contributed by atoms with Gasteiger partial charge in [0.15, 0.2) is 0 Å². The van der Waals surface area contributed by atoms with Crippen LogP contribution in [0.15, 0.2) is 49.1 Å². The average Bonchev–Trinajstić information content (AvgIpc) is 3.41. The van der Waals surface area contributed by atoms with E-state index in [9.17, 15) is 4.79 Å². The Morgan fingerprint density at radius 3 is 2.02 bits per heavy atom. The third kappa shape index (κ3) is 18.3. The maximum Gasteiger partial charge on any atom is 0.244 e. The second kappa shape index (κ2) is 23.9. The third-order valence-electron chi connectivity index (χ3n) is 7.22. The molecule has 1 aromatic heterocycles. The summed E-state index contributed by atoms with van der Waals surface area (Å²) in [5, 5.41) is 3.07. The molecule has 4 heteroatoms. The van der Waals surface area contributed by atoms with Crippen molar-refractivity contribution >= 4 is 5.91 Å². The smallest absolute Gasteiger partial charge is 0.244 e. The first-order chi connectivity index (χ1) is 19.8. The number of nitrogens with one attached hydrogen (secondary N) is 1. The van der Waals surface area contributed by atoms with Crippen molar-refractivity contribution in [3.05, 3.63) is 54.6 Å². The fourth-order valence-electron chi connectivity index (χ4n) is 4.80. The molecule has 0 saturated carbocycles. The maximum absolute atomic E-state index is 12.1. The molecule has 218 valence electrons. The number of nitrogens with zero attached hydrogens (tertiary/aromatic N) is 2. The molecule has 1 amide bonds. The predicted molar refractivity (Wildman–Crippen MR) is 168 cm³/mol. The molecule has 0 spiro atoms. The Bertz CT molecular complexity index is 1020. The molecule has 1 aromatic carbocycles. The number of benzene rings is 1. The van der Waals surface area contributed by atoms with E-state index in [1.165, 1.54) is 76.2 Å². The summed E-state index contributed by atoms with van der Waals surface area (Å²) in [5.74, 6) is 12.6. The first-order valence-corrected chi connectivity index (χ1v) is 16.1. The zero-order valence-corrected chi connectivity index (χ0v) is 25.3. The second-order valence-electron chi connectivity index (χ2n) is 11.0. The van der Waals surface area contributed by atoms with Gasteiger partial charge >= 0.3 is 0 Å². The van der Waals surface area contributed by atoms with E-state index in [1.54, 1.807) is 0 Å². The van der Waals surface area contributed by atoms with Crippen LogP contribution in [0.25, 0.3) is 0 Å². The van der Waals surface area contributed by atoms with Crippen molar-refractivity contribution in [3.8, 4) is 23.7 Å². The maximum atomic E-state index is 12.1. The Morgan fingerprint density at radius 1 is 0.775 bits per heavy atom. The number of hydrogen-bond acceptors (Lipinski definition) is 1. The first-order valence-electron chi connectivity index (χ1n) is 16.1. The van der Waals surface area contributed by atoms with E-state index in [1.807, 2.05) is 6.07 Å². The van der Waals surface area contributed by atoms with Crippen molar-refractivity contribution in [3.63, 3.8) is 0 Å². The van der Waals surface area contributed by atoms with Crippen molar-refractivity contribution in [2.75, 3.05) is 6.54 Å². The van der Waals surface area contributed by atoms with Crippen LogP contribution in [0, 0.1) is 23.7 Å². The second-order valence-corrected chi connectivity index (χ2v) is 11.0. The standard InChI is InChI=1S/C36H53N3O/c1-2-3-4-5-6-7-8-9-10-11-12-13-14-15-16-17-18-19-20-24-28-36(40)37-29-25-30-38-31-32-39(34-38)33-35-26-22-21-23-27-35/h21-23,26-27,31-32,34H,2-10,15-20,24-25,28-30,33H2,1H3/p+1. The molecule has 0 aliphatic carbocycles. The fourth-order valence-corrected chi connectivity index (χ4v) is 4.80. The highest BCUT2D eigenvalue weighted by atomic mass is 16.1. The molecule has 1 heterocycles. The van der Waals surface area contributed by atoms with Crippen LogP contribution < -0.4 is 9.88 Å². The van der Waals surface area contributed by atoms with Gasteiger partial charge in [-0.1, -0.05) is 120 Å². The number of carbonyl (C=O) groups is 1. The zero-order chi connectivity index (χ0) is 28.4. The van der Waals surface area contributed by atoms with Gasteiger partial charge in [-0.3, -0.25) is 4.79 Å². The minimum absolute atomic E-state index is 0.186. The van der Waals surface area contributed by atoms with E-state index < -0.39 is 0 Å². The lowest BCUT2D eigenvalue weighted by Crippen LogP contribution is -2.31. The van der Waals surface area contributed by atoms with E-state index >= 15 is 0 Å².